The molecule has 2 N–H and O–H groups in total. The maximum absolute atomic E-state index is 11.8. The van der Waals surface area contributed by atoms with Crippen LogP contribution in [0.25, 0.3) is 11.0 Å². The molecule has 0 aliphatic heterocycles. The van der Waals surface area contributed by atoms with Gasteiger partial charge in [-0.25, -0.2) is 9.78 Å². The van der Waals surface area contributed by atoms with Gasteiger partial charge in [-0.1, -0.05) is 12.1 Å². The second kappa shape index (κ2) is 6.88. The minimum absolute atomic E-state index is 0.198. The van der Waals surface area contributed by atoms with Gasteiger partial charge in [0.1, 0.15) is 11.9 Å². The Kier molecular flexibility index (Phi) is 4.92. The summed E-state index contributed by atoms with van der Waals surface area (Å²) >= 11 is 0. The molecule has 0 radical (unpaired) electrons. The lowest BCUT2D eigenvalue weighted by molar-refractivity contribution is -0.146. The van der Waals surface area contributed by atoms with Crippen LogP contribution >= 0.6 is 0 Å². The molecule has 1 unspecified atom stereocenters. The second-order valence-electron chi connectivity index (χ2n) is 4.74. The van der Waals surface area contributed by atoms with Crippen molar-refractivity contribution in [2.45, 2.75) is 32.7 Å². The zero-order chi connectivity index (χ0) is 15.2. The van der Waals surface area contributed by atoms with Crippen LogP contribution in [0.4, 0.5) is 0 Å². The number of benzene rings is 1. The summed E-state index contributed by atoms with van der Waals surface area (Å²) in [6.07, 6.45) is 0.764. The number of nitrogens with one attached hydrogen (secondary N) is 2. The third kappa shape index (κ3) is 4.05. The first-order valence-electron chi connectivity index (χ1n) is 6.99. The van der Waals surface area contributed by atoms with Gasteiger partial charge in [0.15, 0.2) is 0 Å². The molecule has 0 aliphatic rings. The van der Waals surface area contributed by atoms with Crippen molar-refractivity contribution in [3.8, 4) is 0 Å². The van der Waals surface area contributed by atoms with E-state index in [4.69, 9.17) is 4.74 Å². The van der Waals surface area contributed by atoms with E-state index in [1.54, 1.807) is 13.8 Å². The lowest BCUT2D eigenvalue weighted by Gasteiger charge is -2.12. The van der Waals surface area contributed by atoms with Crippen molar-refractivity contribution in [3.63, 3.8) is 0 Å². The van der Waals surface area contributed by atoms with Crippen molar-refractivity contribution in [3.05, 3.63) is 30.1 Å². The number of hydrogen-bond acceptors (Lipinski definition) is 4. The molecule has 1 atom stereocenters. The molecule has 2 rings (SSSR count). The number of aromatic amines is 1. The minimum Gasteiger partial charge on any atom is -0.464 e. The van der Waals surface area contributed by atoms with Crippen LogP contribution in [-0.2, 0) is 20.7 Å². The highest BCUT2D eigenvalue weighted by atomic mass is 16.5. The fourth-order valence-corrected chi connectivity index (χ4v) is 2.00. The van der Waals surface area contributed by atoms with E-state index < -0.39 is 12.0 Å². The third-order valence-electron chi connectivity index (χ3n) is 3.04. The Morgan fingerprint density at radius 1 is 1.38 bits per heavy atom. The Balaban J connectivity index is 1.84. The number of fused-ring (bicyclic) bond motifs is 1. The van der Waals surface area contributed by atoms with Gasteiger partial charge in [-0.05, 0) is 26.0 Å². The quantitative estimate of drug-likeness (QED) is 0.790. The molecule has 1 amide bonds. The number of hydrogen-bond donors (Lipinski definition) is 2. The number of amides is 1. The van der Waals surface area contributed by atoms with E-state index in [2.05, 4.69) is 15.3 Å². The van der Waals surface area contributed by atoms with Gasteiger partial charge in [0.2, 0.25) is 5.91 Å². The first kappa shape index (κ1) is 15.0. The van der Waals surface area contributed by atoms with Gasteiger partial charge in [-0.15, -0.1) is 0 Å². The highest BCUT2D eigenvalue weighted by molar-refractivity contribution is 5.84. The summed E-state index contributed by atoms with van der Waals surface area (Å²) < 4.78 is 4.84. The van der Waals surface area contributed by atoms with E-state index in [1.165, 1.54) is 0 Å². The molecule has 0 saturated carbocycles. The summed E-state index contributed by atoms with van der Waals surface area (Å²) in [5.74, 6) is 0.140. The average molecular weight is 289 g/mol. The zero-order valence-corrected chi connectivity index (χ0v) is 12.2. The number of imidazole rings is 1. The number of aryl methyl sites for hydroxylation is 1. The van der Waals surface area contributed by atoms with E-state index >= 15 is 0 Å². The summed E-state index contributed by atoms with van der Waals surface area (Å²) in [7, 11) is 0. The number of para-hydroxylation sites is 2. The molecule has 6 nitrogen and oxygen atoms in total. The maximum atomic E-state index is 11.8. The molecule has 21 heavy (non-hydrogen) atoms. The van der Waals surface area contributed by atoms with Crippen molar-refractivity contribution < 1.29 is 14.3 Å². The molecular weight excluding hydrogens is 270 g/mol. The smallest absolute Gasteiger partial charge is 0.328 e. The average Bonchev–Trinajstić information content (AvgIpc) is 2.88. The predicted molar refractivity (Wildman–Crippen MR) is 78.7 cm³/mol. The highest BCUT2D eigenvalue weighted by Crippen LogP contribution is 2.11. The summed E-state index contributed by atoms with van der Waals surface area (Å²) in [4.78, 5) is 30.8. The van der Waals surface area contributed by atoms with E-state index in [9.17, 15) is 9.59 Å². The summed E-state index contributed by atoms with van der Waals surface area (Å²) in [6, 6.07) is 7.07. The molecule has 0 saturated heterocycles. The first-order valence-corrected chi connectivity index (χ1v) is 6.99. The van der Waals surface area contributed by atoms with Crippen LogP contribution < -0.4 is 5.32 Å². The molecule has 0 spiro atoms. The van der Waals surface area contributed by atoms with Crippen LogP contribution in [0.1, 0.15) is 26.1 Å². The number of rotatable bonds is 6. The topological polar surface area (TPSA) is 84.1 Å². The normalized spacial score (nSPS) is 12.1. The van der Waals surface area contributed by atoms with Crippen LogP contribution in [0, 0.1) is 0 Å². The Hall–Kier alpha value is -2.37. The standard InChI is InChI=1S/C15H19N3O3/c1-3-21-15(20)10(2)16-14(19)9-8-13-17-11-6-4-5-7-12(11)18-13/h4-7,10H,3,8-9H2,1-2H3,(H,16,19)(H,17,18). The zero-order valence-electron chi connectivity index (χ0n) is 12.2. The van der Waals surface area contributed by atoms with Crippen LogP contribution in [0.5, 0.6) is 0 Å². The SMILES string of the molecule is CCOC(=O)C(C)NC(=O)CCc1nc2ccccc2[nH]1. The second-order valence-corrected chi connectivity index (χ2v) is 4.74. The molecule has 0 fully saturated rings. The van der Waals surface area contributed by atoms with Gasteiger partial charge < -0.3 is 15.0 Å². The van der Waals surface area contributed by atoms with Crippen LogP contribution in [-0.4, -0.2) is 34.5 Å². The number of nitrogens with zero attached hydrogens (tertiary/aromatic N) is 1. The van der Waals surface area contributed by atoms with E-state index in [-0.39, 0.29) is 12.3 Å². The van der Waals surface area contributed by atoms with Crippen LogP contribution in [0.2, 0.25) is 0 Å². The van der Waals surface area contributed by atoms with Crippen molar-refractivity contribution in [1.29, 1.82) is 0 Å². The van der Waals surface area contributed by atoms with Crippen molar-refractivity contribution in [2.24, 2.45) is 0 Å². The summed E-state index contributed by atoms with van der Waals surface area (Å²) in [5, 5.41) is 2.61. The van der Waals surface area contributed by atoms with E-state index in [1.807, 2.05) is 24.3 Å². The summed E-state index contributed by atoms with van der Waals surface area (Å²) in [6.45, 7) is 3.64. The minimum atomic E-state index is -0.631. The third-order valence-corrected chi connectivity index (χ3v) is 3.04. The van der Waals surface area contributed by atoms with Crippen molar-refractivity contribution in [1.82, 2.24) is 15.3 Å². The predicted octanol–water partition coefficient (Wildman–Crippen LogP) is 1.56. The Morgan fingerprint density at radius 2 is 2.14 bits per heavy atom. The van der Waals surface area contributed by atoms with Crippen molar-refractivity contribution >= 4 is 22.9 Å². The lowest BCUT2D eigenvalue weighted by atomic mass is 10.2. The molecule has 1 heterocycles. The van der Waals surface area contributed by atoms with Crippen LogP contribution in [0.15, 0.2) is 24.3 Å². The number of H-pyrrole nitrogens is 1. The molecule has 0 aliphatic carbocycles. The fraction of sp³-hybridized carbons (Fsp3) is 0.400. The number of ether oxygens (including phenoxy) is 1. The molecule has 6 heteroatoms. The maximum Gasteiger partial charge on any atom is 0.328 e. The van der Waals surface area contributed by atoms with Gasteiger partial charge in [0, 0.05) is 12.8 Å². The van der Waals surface area contributed by atoms with Gasteiger partial charge in [0.05, 0.1) is 17.6 Å². The number of aromatic nitrogens is 2. The van der Waals surface area contributed by atoms with E-state index in [0.29, 0.717) is 13.0 Å². The molecule has 2 aromatic rings. The molecular formula is C15H19N3O3. The number of carbonyl (C=O) groups is 2. The highest BCUT2D eigenvalue weighted by Gasteiger charge is 2.16. The molecule has 0 bridgehead atoms. The molecule has 112 valence electrons. The largest absolute Gasteiger partial charge is 0.464 e. The summed E-state index contributed by atoms with van der Waals surface area (Å²) in [5.41, 5.74) is 1.83. The lowest BCUT2D eigenvalue weighted by Crippen LogP contribution is -2.39. The number of esters is 1. The molecule has 1 aromatic heterocycles. The van der Waals surface area contributed by atoms with Gasteiger partial charge >= 0.3 is 5.97 Å². The number of carbonyl (C=O) groups excluding carboxylic acids is 2. The monoisotopic (exact) mass is 289 g/mol. The Bertz CT molecular complexity index is 603. The van der Waals surface area contributed by atoms with Crippen LogP contribution in [0.3, 0.4) is 0 Å². The molecule has 1 aromatic carbocycles. The Labute approximate surface area is 122 Å². The fourth-order valence-electron chi connectivity index (χ4n) is 2.00. The Morgan fingerprint density at radius 3 is 2.86 bits per heavy atom. The first-order chi connectivity index (χ1) is 10.1. The van der Waals surface area contributed by atoms with Crippen molar-refractivity contribution in [2.75, 3.05) is 6.61 Å². The van der Waals surface area contributed by atoms with Gasteiger partial charge in [0.25, 0.3) is 0 Å². The van der Waals surface area contributed by atoms with Gasteiger partial charge in [-0.3, -0.25) is 4.79 Å². The van der Waals surface area contributed by atoms with E-state index in [0.717, 1.165) is 16.9 Å². The van der Waals surface area contributed by atoms with Gasteiger partial charge in [-0.2, -0.15) is 0 Å².